The van der Waals surface area contributed by atoms with E-state index in [1.807, 2.05) is 69.9 Å². The normalized spacial score (nSPS) is 21.3. The highest BCUT2D eigenvalue weighted by Crippen LogP contribution is 2.20. The summed E-state index contributed by atoms with van der Waals surface area (Å²) in [7, 11) is 0. The van der Waals surface area contributed by atoms with E-state index in [0.29, 0.717) is 13.1 Å². The van der Waals surface area contributed by atoms with Crippen molar-refractivity contribution in [2.24, 2.45) is 0 Å². The maximum Gasteiger partial charge on any atom is 0.410 e. The lowest BCUT2D eigenvalue weighted by atomic mass is 10.1. The third-order valence-corrected chi connectivity index (χ3v) is 4.19. The minimum Gasteiger partial charge on any atom is -0.460 e. The van der Waals surface area contributed by atoms with Gasteiger partial charge in [0.05, 0.1) is 6.54 Å². The van der Waals surface area contributed by atoms with E-state index < -0.39 is 5.60 Å². The van der Waals surface area contributed by atoms with Crippen LogP contribution in [-0.4, -0.2) is 59.2 Å². The van der Waals surface area contributed by atoms with Crippen molar-refractivity contribution in [2.75, 3.05) is 19.6 Å². The van der Waals surface area contributed by atoms with Crippen LogP contribution in [0.3, 0.4) is 0 Å². The van der Waals surface area contributed by atoms with Gasteiger partial charge in [-0.25, -0.2) is 4.79 Å². The van der Waals surface area contributed by atoms with Crippen LogP contribution in [0, 0.1) is 0 Å². The fourth-order valence-electron chi connectivity index (χ4n) is 3.20. The summed E-state index contributed by atoms with van der Waals surface area (Å²) in [4.78, 5) is 28.3. The summed E-state index contributed by atoms with van der Waals surface area (Å²) in [6.07, 6.45) is -0.302. The van der Waals surface area contributed by atoms with Gasteiger partial charge in [0.1, 0.15) is 12.2 Å². The summed E-state index contributed by atoms with van der Waals surface area (Å²) >= 11 is 0. The van der Waals surface area contributed by atoms with Crippen molar-refractivity contribution < 1.29 is 19.1 Å². The lowest BCUT2D eigenvalue weighted by Crippen LogP contribution is -2.60. The molecule has 26 heavy (non-hydrogen) atoms. The zero-order valence-electron chi connectivity index (χ0n) is 16.4. The first-order valence-electron chi connectivity index (χ1n) is 9.09. The predicted molar refractivity (Wildman–Crippen MR) is 99.7 cm³/mol. The maximum absolute atomic E-state index is 12.4. The monoisotopic (exact) mass is 362 g/mol. The van der Waals surface area contributed by atoms with E-state index in [0.717, 1.165) is 5.56 Å². The summed E-state index contributed by atoms with van der Waals surface area (Å²) in [6.45, 7) is 11.3. The second kappa shape index (κ2) is 8.54. The molecule has 1 aliphatic heterocycles. The fourth-order valence-corrected chi connectivity index (χ4v) is 3.20. The molecule has 0 saturated carbocycles. The lowest BCUT2D eigenvalue weighted by molar-refractivity contribution is -0.147. The van der Waals surface area contributed by atoms with Gasteiger partial charge in [-0.2, -0.15) is 0 Å². The third kappa shape index (κ3) is 6.02. The molecule has 1 heterocycles. The molecule has 2 rings (SSSR count). The number of piperazine rings is 1. The molecule has 6 heteroatoms. The number of hydrogen-bond acceptors (Lipinski definition) is 5. The summed E-state index contributed by atoms with van der Waals surface area (Å²) in [5, 5.41) is 0. The molecular weight excluding hydrogens is 332 g/mol. The van der Waals surface area contributed by atoms with E-state index in [1.54, 1.807) is 4.90 Å². The number of amides is 1. The molecule has 0 bridgehead atoms. The van der Waals surface area contributed by atoms with Crippen LogP contribution in [-0.2, 0) is 20.9 Å². The van der Waals surface area contributed by atoms with Crippen molar-refractivity contribution >= 4 is 12.1 Å². The fraction of sp³-hybridized carbons (Fsp3) is 0.600. The first-order valence-corrected chi connectivity index (χ1v) is 9.09. The molecular formula is C20H30N2O4. The van der Waals surface area contributed by atoms with Crippen LogP contribution in [0.25, 0.3) is 0 Å². The van der Waals surface area contributed by atoms with Gasteiger partial charge < -0.3 is 14.4 Å². The Bertz CT molecular complexity index is 600. The van der Waals surface area contributed by atoms with Gasteiger partial charge in [0.25, 0.3) is 0 Å². The predicted octanol–water partition coefficient (Wildman–Crippen LogP) is 3.06. The molecule has 1 aliphatic rings. The van der Waals surface area contributed by atoms with Crippen molar-refractivity contribution in [3.63, 3.8) is 0 Å². The Balaban J connectivity index is 1.84. The van der Waals surface area contributed by atoms with Gasteiger partial charge in [-0.15, -0.1) is 0 Å². The van der Waals surface area contributed by atoms with Crippen LogP contribution >= 0.6 is 0 Å². The van der Waals surface area contributed by atoms with Gasteiger partial charge in [0.2, 0.25) is 0 Å². The smallest absolute Gasteiger partial charge is 0.410 e. The van der Waals surface area contributed by atoms with E-state index in [2.05, 4.69) is 0 Å². The summed E-state index contributed by atoms with van der Waals surface area (Å²) < 4.78 is 10.9. The van der Waals surface area contributed by atoms with E-state index in [4.69, 9.17) is 9.47 Å². The Morgan fingerprint density at radius 3 is 2.19 bits per heavy atom. The number of esters is 1. The maximum atomic E-state index is 12.4. The van der Waals surface area contributed by atoms with Crippen molar-refractivity contribution in [1.29, 1.82) is 0 Å². The molecule has 144 valence electrons. The Hall–Kier alpha value is -2.08. The SMILES string of the molecule is C[C@@H]1CN(CC(=O)OCc2ccccc2)C[C@H](C)N1C(=O)OC(C)(C)C. The number of benzene rings is 1. The van der Waals surface area contributed by atoms with Crippen LogP contribution in [0.4, 0.5) is 4.79 Å². The summed E-state index contributed by atoms with van der Waals surface area (Å²) in [5.74, 6) is -0.251. The van der Waals surface area contributed by atoms with Gasteiger partial charge >= 0.3 is 12.1 Å². The molecule has 0 radical (unpaired) electrons. The quantitative estimate of drug-likeness (QED) is 0.771. The largest absolute Gasteiger partial charge is 0.460 e. The molecule has 0 unspecified atom stereocenters. The Labute approximate surface area is 156 Å². The molecule has 1 saturated heterocycles. The van der Waals surface area contributed by atoms with Gasteiger partial charge in [0, 0.05) is 25.2 Å². The molecule has 0 spiro atoms. The Kier molecular flexibility index (Phi) is 6.64. The number of carbonyl (C=O) groups is 2. The van der Waals surface area contributed by atoms with Gasteiger partial charge in [-0.05, 0) is 40.2 Å². The molecule has 0 N–H and O–H groups in total. The molecule has 0 aliphatic carbocycles. The van der Waals surface area contributed by atoms with Crippen LogP contribution < -0.4 is 0 Å². The van der Waals surface area contributed by atoms with Crippen LogP contribution in [0.5, 0.6) is 0 Å². The third-order valence-electron chi connectivity index (χ3n) is 4.19. The number of hydrogen-bond donors (Lipinski definition) is 0. The van der Waals surface area contributed by atoms with Crippen molar-refractivity contribution in [3.05, 3.63) is 35.9 Å². The zero-order valence-corrected chi connectivity index (χ0v) is 16.4. The van der Waals surface area contributed by atoms with Crippen molar-refractivity contribution in [2.45, 2.75) is 58.9 Å². The van der Waals surface area contributed by atoms with E-state index in [1.165, 1.54) is 0 Å². The average molecular weight is 362 g/mol. The first kappa shape index (κ1) is 20.2. The highest BCUT2D eigenvalue weighted by Gasteiger charge is 2.36. The zero-order chi connectivity index (χ0) is 19.3. The van der Waals surface area contributed by atoms with Gasteiger partial charge in [-0.3, -0.25) is 9.69 Å². The topological polar surface area (TPSA) is 59.1 Å². The molecule has 1 fully saturated rings. The first-order chi connectivity index (χ1) is 12.2. The van der Waals surface area contributed by atoms with Crippen molar-refractivity contribution in [1.82, 2.24) is 9.80 Å². The molecule has 6 nitrogen and oxygen atoms in total. The number of nitrogens with zero attached hydrogens (tertiary/aromatic N) is 2. The second-order valence-corrected chi connectivity index (χ2v) is 7.93. The van der Waals surface area contributed by atoms with E-state index >= 15 is 0 Å². The number of carbonyl (C=O) groups excluding carboxylic acids is 2. The summed E-state index contributed by atoms with van der Waals surface area (Å²) in [6, 6.07) is 9.56. The van der Waals surface area contributed by atoms with Gasteiger partial charge in [0.15, 0.2) is 0 Å². The van der Waals surface area contributed by atoms with Crippen molar-refractivity contribution in [3.8, 4) is 0 Å². The number of ether oxygens (including phenoxy) is 2. The Morgan fingerprint density at radius 2 is 1.65 bits per heavy atom. The average Bonchev–Trinajstić information content (AvgIpc) is 2.51. The minimum atomic E-state index is -0.519. The number of rotatable bonds is 4. The van der Waals surface area contributed by atoms with Crippen LogP contribution in [0.1, 0.15) is 40.2 Å². The second-order valence-electron chi connectivity index (χ2n) is 7.93. The highest BCUT2D eigenvalue weighted by atomic mass is 16.6. The van der Waals surface area contributed by atoms with Crippen LogP contribution in [0.15, 0.2) is 30.3 Å². The molecule has 1 aromatic rings. The molecule has 0 aromatic heterocycles. The highest BCUT2D eigenvalue weighted by molar-refractivity contribution is 5.72. The summed E-state index contributed by atoms with van der Waals surface area (Å²) in [5.41, 5.74) is 0.451. The molecule has 1 aromatic carbocycles. The van der Waals surface area contributed by atoms with E-state index in [-0.39, 0.29) is 37.3 Å². The minimum absolute atomic E-state index is 0.0319. The molecule has 1 amide bonds. The van der Waals surface area contributed by atoms with Gasteiger partial charge in [-0.1, -0.05) is 30.3 Å². The standard InChI is InChI=1S/C20H30N2O4/c1-15-11-21(12-16(2)22(15)19(24)26-20(3,4)5)13-18(23)25-14-17-9-7-6-8-10-17/h6-10,15-16H,11-14H2,1-5H3/t15-,16+. The van der Waals surface area contributed by atoms with Crippen LogP contribution in [0.2, 0.25) is 0 Å². The molecule has 2 atom stereocenters. The Morgan fingerprint density at radius 1 is 1.08 bits per heavy atom. The lowest BCUT2D eigenvalue weighted by Gasteiger charge is -2.44. The van der Waals surface area contributed by atoms with E-state index in [9.17, 15) is 9.59 Å².